The van der Waals surface area contributed by atoms with Crippen LogP contribution >= 0.6 is 12.4 Å². The molecule has 88 valence electrons. The monoisotopic (exact) mass is 244 g/mol. The number of benzene rings is 1. The van der Waals surface area contributed by atoms with E-state index in [2.05, 4.69) is 4.74 Å². The van der Waals surface area contributed by atoms with Gasteiger partial charge in [-0.2, -0.15) is 0 Å². The Hall–Kier alpha value is -1.39. The minimum absolute atomic E-state index is 0. The second-order valence-corrected chi connectivity index (χ2v) is 3.06. The minimum Gasteiger partial charge on any atom is -0.395 e. The number of rotatable bonds is 3. The van der Waals surface area contributed by atoms with Crippen LogP contribution in [0.5, 0.6) is 0 Å². The van der Waals surface area contributed by atoms with E-state index in [0.717, 1.165) is 6.92 Å². The van der Waals surface area contributed by atoms with Crippen LogP contribution in [0.4, 0.5) is 0 Å². The molecule has 1 aromatic carbocycles. The van der Waals surface area contributed by atoms with E-state index in [-0.39, 0.29) is 19.0 Å². The van der Waals surface area contributed by atoms with Crippen LogP contribution < -0.4 is 0 Å². The maximum Gasteiger partial charge on any atom is 0.323 e. The Morgan fingerprint density at radius 2 is 1.88 bits per heavy atom. The molecule has 0 spiro atoms. The second kappa shape index (κ2) is 6.98. The Balaban J connectivity index is 0.00000225. The van der Waals surface area contributed by atoms with Gasteiger partial charge in [0.2, 0.25) is 0 Å². The Bertz CT molecular complexity index is 350. The number of ether oxygens (including phenoxy) is 1. The molecular weight excluding hydrogens is 232 g/mol. The van der Waals surface area contributed by atoms with Crippen molar-refractivity contribution >= 4 is 24.3 Å². The lowest BCUT2D eigenvalue weighted by Crippen LogP contribution is -2.21. The lowest BCUT2D eigenvalue weighted by Gasteiger charge is -2.11. The van der Waals surface area contributed by atoms with Crippen molar-refractivity contribution in [1.29, 1.82) is 0 Å². The third-order valence-electron chi connectivity index (χ3n) is 1.91. The molecule has 1 atom stereocenters. The van der Waals surface area contributed by atoms with Gasteiger partial charge in [-0.3, -0.25) is 9.59 Å². The van der Waals surface area contributed by atoms with E-state index in [1.54, 1.807) is 30.3 Å². The molecule has 0 amide bonds. The van der Waals surface area contributed by atoms with Crippen LogP contribution in [0.3, 0.4) is 0 Å². The molecule has 1 N–H and O–H groups in total. The SMILES string of the molecule is CC(=O)OC(=O)C(CO)c1ccccc1.Cl. The van der Waals surface area contributed by atoms with E-state index >= 15 is 0 Å². The quantitative estimate of drug-likeness (QED) is 0.643. The number of aliphatic hydroxyl groups excluding tert-OH is 1. The lowest BCUT2D eigenvalue weighted by atomic mass is 10.0. The van der Waals surface area contributed by atoms with Gasteiger partial charge in [0.05, 0.1) is 6.61 Å². The van der Waals surface area contributed by atoms with Gasteiger partial charge in [-0.15, -0.1) is 12.4 Å². The molecule has 0 saturated heterocycles. The maximum absolute atomic E-state index is 11.4. The van der Waals surface area contributed by atoms with Gasteiger partial charge < -0.3 is 9.84 Å². The van der Waals surface area contributed by atoms with Gasteiger partial charge in [0.15, 0.2) is 0 Å². The molecular formula is C11H13ClO4. The summed E-state index contributed by atoms with van der Waals surface area (Å²) in [6, 6.07) is 8.69. The molecule has 0 bridgehead atoms. The van der Waals surface area contributed by atoms with Gasteiger partial charge in [0.1, 0.15) is 5.92 Å². The van der Waals surface area contributed by atoms with Crippen LogP contribution in [0.25, 0.3) is 0 Å². The molecule has 0 aliphatic rings. The van der Waals surface area contributed by atoms with E-state index in [0.29, 0.717) is 5.56 Å². The van der Waals surface area contributed by atoms with Crippen LogP contribution in [0.2, 0.25) is 0 Å². The third-order valence-corrected chi connectivity index (χ3v) is 1.91. The van der Waals surface area contributed by atoms with Crippen LogP contribution in [0, 0.1) is 0 Å². The van der Waals surface area contributed by atoms with E-state index in [4.69, 9.17) is 5.11 Å². The first-order valence-corrected chi connectivity index (χ1v) is 4.53. The lowest BCUT2D eigenvalue weighted by molar-refractivity contribution is -0.159. The van der Waals surface area contributed by atoms with Crippen LogP contribution in [-0.4, -0.2) is 23.7 Å². The van der Waals surface area contributed by atoms with Crippen molar-refractivity contribution in [3.63, 3.8) is 0 Å². The summed E-state index contributed by atoms with van der Waals surface area (Å²) in [5.74, 6) is -2.19. The zero-order valence-corrected chi connectivity index (χ0v) is 9.57. The molecule has 1 rings (SSSR count). The van der Waals surface area contributed by atoms with E-state index in [9.17, 15) is 9.59 Å². The summed E-state index contributed by atoms with van der Waals surface area (Å²) in [5.41, 5.74) is 0.631. The molecule has 0 aromatic heterocycles. The van der Waals surface area contributed by atoms with Crippen molar-refractivity contribution in [3.8, 4) is 0 Å². The van der Waals surface area contributed by atoms with Gasteiger partial charge in [-0.1, -0.05) is 30.3 Å². The molecule has 0 radical (unpaired) electrons. The maximum atomic E-state index is 11.4. The molecule has 0 aliphatic carbocycles. The summed E-state index contributed by atoms with van der Waals surface area (Å²) in [6.45, 7) is 0.771. The highest BCUT2D eigenvalue weighted by molar-refractivity contribution is 5.88. The van der Waals surface area contributed by atoms with Crippen molar-refractivity contribution in [3.05, 3.63) is 35.9 Å². The van der Waals surface area contributed by atoms with Crippen LogP contribution in [0.1, 0.15) is 18.4 Å². The third kappa shape index (κ3) is 4.00. The number of carbonyl (C=O) groups excluding carboxylic acids is 2. The molecule has 1 unspecified atom stereocenters. The number of halogens is 1. The molecule has 0 aliphatic heterocycles. The minimum atomic E-state index is -0.796. The summed E-state index contributed by atoms with van der Waals surface area (Å²) in [7, 11) is 0. The Labute approximate surface area is 99.6 Å². The molecule has 0 fully saturated rings. The Kier molecular flexibility index (Phi) is 6.37. The molecule has 5 heteroatoms. The Morgan fingerprint density at radius 1 is 1.31 bits per heavy atom. The smallest absolute Gasteiger partial charge is 0.323 e. The number of carbonyl (C=O) groups is 2. The first kappa shape index (κ1) is 14.6. The summed E-state index contributed by atoms with van der Waals surface area (Å²) in [4.78, 5) is 22.0. The first-order chi connectivity index (χ1) is 7.15. The van der Waals surface area contributed by atoms with Gasteiger partial charge in [0, 0.05) is 6.92 Å². The summed E-state index contributed by atoms with van der Waals surface area (Å²) < 4.78 is 4.42. The highest BCUT2D eigenvalue weighted by atomic mass is 35.5. The molecule has 4 nitrogen and oxygen atoms in total. The zero-order valence-electron chi connectivity index (χ0n) is 8.75. The largest absolute Gasteiger partial charge is 0.395 e. The normalized spacial score (nSPS) is 11.1. The standard InChI is InChI=1S/C11H12O4.ClH/c1-8(13)15-11(14)10(7-12)9-5-3-2-4-6-9;/h2-6,10,12H,7H2,1H3;1H. The van der Waals surface area contributed by atoms with Crippen molar-refractivity contribution in [2.75, 3.05) is 6.61 Å². The van der Waals surface area contributed by atoms with Crippen LogP contribution in [-0.2, 0) is 14.3 Å². The summed E-state index contributed by atoms with van der Waals surface area (Å²) >= 11 is 0. The number of esters is 2. The molecule has 0 saturated carbocycles. The summed E-state index contributed by atoms with van der Waals surface area (Å²) in [5, 5.41) is 9.05. The van der Waals surface area contributed by atoms with Crippen molar-refractivity contribution in [1.82, 2.24) is 0 Å². The van der Waals surface area contributed by atoms with Crippen molar-refractivity contribution < 1.29 is 19.4 Å². The molecule has 1 aromatic rings. The predicted molar refractivity (Wildman–Crippen MR) is 60.3 cm³/mol. The number of hydrogen-bond acceptors (Lipinski definition) is 4. The first-order valence-electron chi connectivity index (χ1n) is 4.53. The Morgan fingerprint density at radius 3 is 2.31 bits per heavy atom. The summed E-state index contributed by atoms with van der Waals surface area (Å²) in [6.07, 6.45) is 0. The van der Waals surface area contributed by atoms with Gasteiger partial charge in [0.25, 0.3) is 0 Å². The van der Waals surface area contributed by atoms with E-state index in [1.165, 1.54) is 0 Å². The molecule has 0 heterocycles. The second-order valence-electron chi connectivity index (χ2n) is 3.06. The zero-order chi connectivity index (χ0) is 11.3. The molecule has 16 heavy (non-hydrogen) atoms. The van der Waals surface area contributed by atoms with Crippen LogP contribution in [0.15, 0.2) is 30.3 Å². The predicted octanol–water partition coefficient (Wildman–Crippen LogP) is 1.27. The van der Waals surface area contributed by atoms with Crippen molar-refractivity contribution in [2.24, 2.45) is 0 Å². The highest BCUT2D eigenvalue weighted by Gasteiger charge is 2.22. The fraction of sp³-hybridized carbons (Fsp3) is 0.273. The average Bonchev–Trinajstić information content (AvgIpc) is 2.19. The number of aliphatic hydroxyl groups is 1. The number of hydrogen-bond donors (Lipinski definition) is 1. The highest BCUT2D eigenvalue weighted by Crippen LogP contribution is 2.16. The van der Waals surface area contributed by atoms with E-state index < -0.39 is 17.9 Å². The fourth-order valence-corrected chi connectivity index (χ4v) is 1.21. The van der Waals surface area contributed by atoms with Gasteiger partial charge in [-0.05, 0) is 5.56 Å². The fourth-order valence-electron chi connectivity index (χ4n) is 1.21. The topological polar surface area (TPSA) is 63.6 Å². The van der Waals surface area contributed by atoms with E-state index in [1.807, 2.05) is 0 Å². The van der Waals surface area contributed by atoms with Gasteiger partial charge in [-0.25, -0.2) is 0 Å². The average molecular weight is 245 g/mol. The van der Waals surface area contributed by atoms with Crippen molar-refractivity contribution in [2.45, 2.75) is 12.8 Å². The van der Waals surface area contributed by atoms with Gasteiger partial charge >= 0.3 is 11.9 Å².